The fraction of sp³-hybridized carbons (Fsp3) is 0. The number of fused-ring (bicyclic) bond motifs is 1. The van der Waals surface area contributed by atoms with Crippen molar-refractivity contribution in [2.45, 2.75) is 0 Å². The first-order valence-electron chi connectivity index (χ1n) is 5.21. The maximum atomic E-state index is 6.00. The van der Waals surface area contributed by atoms with E-state index < -0.39 is 0 Å². The normalized spacial score (nSPS) is 11.0. The number of nitrogens with one attached hydrogen (secondary N) is 1. The smallest absolute Gasteiger partial charge is 0.178 e. The van der Waals surface area contributed by atoms with Gasteiger partial charge in [-0.25, -0.2) is 9.97 Å². The number of halogens is 2. The molecule has 0 saturated carbocycles. The van der Waals surface area contributed by atoms with Gasteiger partial charge in [-0.1, -0.05) is 23.2 Å². The van der Waals surface area contributed by atoms with Gasteiger partial charge in [-0.15, -0.1) is 0 Å². The van der Waals surface area contributed by atoms with Crippen LogP contribution in [0.3, 0.4) is 0 Å². The van der Waals surface area contributed by atoms with Crippen LogP contribution in [-0.4, -0.2) is 15.0 Å². The number of hydrogen-bond acceptors (Lipinski definition) is 3. The Labute approximate surface area is 113 Å². The minimum absolute atomic E-state index is 0.372. The summed E-state index contributed by atoms with van der Waals surface area (Å²) in [6.45, 7) is 0. The zero-order valence-electron chi connectivity index (χ0n) is 9.11. The average molecular weight is 279 g/mol. The van der Waals surface area contributed by atoms with Gasteiger partial charge in [0, 0.05) is 11.8 Å². The number of H-pyrrole nitrogens is 1. The molecule has 0 radical (unpaired) electrons. The van der Waals surface area contributed by atoms with E-state index in [1.54, 1.807) is 18.3 Å². The number of benzene rings is 1. The number of anilines is 1. The third-order valence-corrected chi connectivity index (χ3v) is 3.24. The largest absolute Gasteiger partial charge is 0.396 e. The van der Waals surface area contributed by atoms with Gasteiger partial charge in [-0.3, -0.25) is 0 Å². The summed E-state index contributed by atoms with van der Waals surface area (Å²) in [6, 6.07) is 7.19. The molecular formula is C12H8Cl2N4. The van der Waals surface area contributed by atoms with E-state index >= 15 is 0 Å². The molecule has 0 saturated heterocycles. The quantitative estimate of drug-likeness (QED) is 0.670. The lowest BCUT2D eigenvalue weighted by molar-refractivity contribution is 1.30. The molecule has 18 heavy (non-hydrogen) atoms. The van der Waals surface area contributed by atoms with Crippen LogP contribution in [0, 0.1) is 0 Å². The molecule has 6 heteroatoms. The van der Waals surface area contributed by atoms with E-state index in [1.807, 2.05) is 12.1 Å². The van der Waals surface area contributed by atoms with E-state index in [2.05, 4.69) is 15.0 Å². The molecule has 0 bridgehead atoms. The molecule has 0 fully saturated rings. The number of nitrogens with two attached hydrogens (primary N) is 1. The van der Waals surface area contributed by atoms with Gasteiger partial charge in [0.1, 0.15) is 5.82 Å². The first kappa shape index (κ1) is 11.3. The molecule has 3 N–H and O–H groups in total. The molecular weight excluding hydrogens is 271 g/mol. The SMILES string of the molecule is Nc1c(Cl)cc(-c2nc3ncccc3[nH]2)cc1Cl. The van der Waals surface area contributed by atoms with Gasteiger partial charge < -0.3 is 10.7 Å². The monoisotopic (exact) mass is 278 g/mol. The number of hydrogen-bond donors (Lipinski definition) is 2. The van der Waals surface area contributed by atoms with Crippen LogP contribution >= 0.6 is 23.2 Å². The predicted octanol–water partition coefficient (Wildman–Crippen LogP) is 3.51. The molecule has 0 aliphatic carbocycles. The van der Waals surface area contributed by atoms with Crippen molar-refractivity contribution < 1.29 is 0 Å². The first-order chi connectivity index (χ1) is 8.65. The highest BCUT2D eigenvalue weighted by Crippen LogP contribution is 2.32. The van der Waals surface area contributed by atoms with Gasteiger partial charge in [0.05, 0.1) is 21.2 Å². The number of rotatable bonds is 1. The second-order valence-electron chi connectivity index (χ2n) is 3.81. The van der Waals surface area contributed by atoms with Gasteiger partial charge in [-0.2, -0.15) is 0 Å². The second kappa shape index (κ2) is 4.15. The number of nitrogen functional groups attached to an aromatic ring is 1. The molecule has 3 rings (SSSR count). The molecule has 0 aliphatic heterocycles. The van der Waals surface area contributed by atoms with E-state index in [0.717, 1.165) is 11.1 Å². The molecule has 90 valence electrons. The number of aromatic nitrogens is 3. The third-order valence-electron chi connectivity index (χ3n) is 2.61. The lowest BCUT2D eigenvalue weighted by Crippen LogP contribution is -1.89. The summed E-state index contributed by atoms with van der Waals surface area (Å²) in [5.41, 5.74) is 8.35. The van der Waals surface area contributed by atoms with Crippen LogP contribution in [0.4, 0.5) is 5.69 Å². The van der Waals surface area contributed by atoms with E-state index in [0.29, 0.717) is 27.2 Å². The summed E-state index contributed by atoms with van der Waals surface area (Å²) >= 11 is 12.0. The molecule has 2 heterocycles. The summed E-state index contributed by atoms with van der Waals surface area (Å²) in [7, 11) is 0. The minimum Gasteiger partial charge on any atom is -0.396 e. The van der Waals surface area contributed by atoms with Crippen LogP contribution in [0.25, 0.3) is 22.6 Å². The van der Waals surface area contributed by atoms with Gasteiger partial charge >= 0.3 is 0 Å². The second-order valence-corrected chi connectivity index (χ2v) is 4.63. The number of pyridine rings is 1. The summed E-state index contributed by atoms with van der Waals surface area (Å²) < 4.78 is 0. The first-order valence-corrected chi connectivity index (χ1v) is 5.96. The number of aromatic amines is 1. The third kappa shape index (κ3) is 1.79. The van der Waals surface area contributed by atoms with Crippen molar-refractivity contribution in [3.63, 3.8) is 0 Å². The Balaban J connectivity index is 2.20. The Hall–Kier alpha value is -1.78. The highest BCUT2D eigenvalue weighted by Gasteiger charge is 2.10. The van der Waals surface area contributed by atoms with Crippen molar-refractivity contribution >= 4 is 40.1 Å². The van der Waals surface area contributed by atoms with Crippen LogP contribution in [0.1, 0.15) is 0 Å². The molecule has 0 amide bonds. The van der Waals surface area contributed by atoms with Gasteiger partial charge in [0.2, 0.25) is 0 Å². The molecule has 4 nitrogen and oxygen atoms in total. The Morgan fingerprint density at radius 2 is 1.89 bits per heavy atom. The molecule has 3 aromatic rings. The molecule has 1 aromatic carbocycles. The van der Waals surface area contributed by atoms with Gasteiger partial charge in [-0.05, 0) is 24.3 Å². The summed E-state index contributed by atoms with van der Waals surface area (Å²) in [4.78, 5) is 11.7. The highest BCUT2D eigenvalue weighted by molar-refractivity contribution is 6.39. The van der Waals surface area contributed by atoms with Crippen LogP contribution in [-0.2, 0) is 0 Å². The molecule has 0 spiro atoms. The Bertz CT molecular complexity index is 680. The lowest BCUT2D eigenvalue weighted by atomic mass is 10.2. The predicted molar refractivity (Wildman–Crippen MR) is 73.8 cm³/mol. The molecule has 2 aromatic heterocycles. The van der Waals surface area contributed by atoms with Crippen LogP contribution in [0.5, 0.6) is 0 Å². The number of nitrogens with zero attached hydrogens (tertiary/aromatic N) is 2. The van der Waals surface area contributed by atoms with Crippen molar-refractivity contribution in [2.75, 3.05) is 5.73 Å². The Kier molecular flexibility index (Phi) is 2.61. The van der Waals surface area contributed by atoms with Crippen molar-refractivity contribution in [3.05, 3.63) is 40.5 Å². The maximum absolute atomic E-state index is 6.00. The zero-order valence-corrected chi connectivity index (χ0v) is 10.6. The van der Waals surface area contributed by atoms with Crippen molar-refractivity contribution in [1.82, 2.24) is 15.0 Å². The minimum atomic E-state index is 0.372. The van der Waals surface area contributed by atoms with Crippen molar-refractivity contribution in [3.8, 4) is 11.4 Å². The average Bonchev–Trinajstić information content (AvgIpc) is 2.79. The standard InChI is InChI=1S/C12H8Cl2N4/c13-7-4-6(5-8(14)10(7)15)11-17-9-2-1-3-16-12(9)18-11/h1-5H,15H2,(H,16,17,18). The van der Waals surface area contributed by atoms with Gasteiger partial charge in [0.15, 0.2) is 5.65 Å². The van der Waals surface area contributed by atoms with Crippen molar-refractivity contribution in [1.29, 1.82) is 0 Å². The van der Waals surface area contributed by atoms with Crippen LogP contribution in [0.15, 0.2) is 30.5 Å². The number of imidazole rings is 1. The van der Waals surface area contributed by atoms with Crippen LogP contribution in [0.2, 0.25) is 10.0 Å². The van der Waals surface area contributed by atoms with E-state index in [4.69, 9.17) is 28.9 Å². The fourth-order valence-corrected chi connectivity index (χ4v) is 2.19. The zero-order chi connectivity index (χ0) is 12.7. The van der Waals surface area contributed by atoms with Crippen LogP contribution < -0.4 is 5.73 Å². The molecule has 0 atom stereocenters. The molecule has 0 aliphatic rings. The summed E-state index contributed by atoms with van der Waals surface area (Å²) in [5.74, 6) is 0.660. The Morgan fingerprint density at radius 3 is 2.56 bits per heavy atom. The van der Waals surface area contributed by atoms with E-state index in [9.17, 15) is 0 Å². The lowest BCUT2D eigenvalue weighted by Gasteiger charge is -2.03. The van der Waals surface area contributed by atoms with Gasteiger partial charge in [0.25, 0.3) is 0 Å². The highest BCUT2D eigenvalue weighted by atomic mass is 35.5. The summed E-state index contributed by atoms with van der Waals surface area (Å²) in [6.07, 6.45) is 1.69. The fourth-order valence-electron chi connectivity index (χ4n) is 1.70. The molecule has 0 unspecified atom stereocenters. The van der Waals surface area contributed by atoms with E-state index in [-0.39, 0.29) is 0 Å². The topological polar surface area (TPSA) is 67.6 Å². The van der Waals surface area contributed by atoms with E-state index in [1.165, 1.54) is 0 Å². The summed E-state index contributed by atoms with van der Waals surface area (Å²) in [5, 5.41) is 0.817. The Morgan fingerprint density at radius 1 is 1.17 bits per heavy atom. The van der Waals surface area contributed by atoms with Crippen molar-refractivity contribution in [2.24, 2.45) is 0 Å². The maximum Gasteiger partial charge on any atom is 0.178 e.